The molecule has 0 radical (unpaired) electrons. The third-order valence-corrected chi connectivity index (χ3v) is 9.60. The molecule has 5 rings (SSSR count). The number of hydrogen-bond donors (Lipinski definition) is 1. The molecule has 2 aromatic heterocycles. The molecule has 0 spiro atoms. The highest BCUT2D eigenvalue weighted by molar-refractivity contribution is 7.93. The zero-order valence-corrected chi connectivity index (χ0v) is 21.0. The smallest absolute Gasteiger partial charge is 0.266 e. The monoisotopic (exact) mass is 518 g/mol. The summed E-state index contributed by atoms with van der Waals surface area (Å²) >= 11 is 0. The number of fused-ring (bicyclic) bond motifs is 1. The summed E-state index contributed by atoms with van der Waals surface area (Å²) in [5, 5.41) is 3.91. The van der Waals surface area contributed by atoms with Crippen LogP contribution < -0.4 is 10.9 Å². The second-order valence-corrected chi connectivity index (χ2v) is 12.3. The Morgan fingerprint density at radius 2 is 1.83 bits per heavy atom. The second-order valence-electron chi connectivity index (χ2n) is 9.77. The summed E-state index contributed by atoms with van der Waals surface area (Å²) in [6.45, 7) is 1.70. The normalized spacial score (nSPS) is 23.1. The average molecular weight is 519 g/mol. The molecule has 3 heterocycles. The van der Waals surface area contributed by atoms with Crippen LogP contribution in [-0.4, -0.2) is 31.3 Å². The number of nitrogens with one attached hydrogen (secondary N) is 1. The van der Waals surface area contributed by atoms with E-state index in [1.165, 1.54) is 16.7 Å². The Hall–Kier alpha value is -2.88. The molecule has 1 aliphatic heterocycles. The van der Waals surface area contributed by atoms with Crippen LogP contribution in [0.1, 0.15) is 67.7 Å². The Balaban J connectivity index is 1.48. The Morgan fingerprint density at radius 3 is 2.50 bits per heavy atom. The maximum absolute atomic E-state index is 14.8. The number of pyridine rings is 2. The van der Waals surface area contributed by atoms with E-state index in [2.05, 4.69) is 14.7 Å². The topological polar surface area (TPSA) is 76.3 Å². The summed E-state index contributed by atoms with van der Waals surface area (Å²) in [7, 11) is -0.538. The minimum atomic E-state index is -2.90. The van der Waals surface area contributed by atoms with E-state index in [-0.39, 0.29) is 23.1 Å². The van der Waals surface area contributed by atoms with Gasteiger partial charge in [-0.15, -0.1) is 0 Å². The van der Waals surface area contributed by atoms with Gasteiger partial charge in [0, 0.05) is 56.7 Å². The first-order valence-electron chi connectivity index (χ1n) is 12.2. The number of rotatable bonds is 6. The number of aryl methyl sites for hydroxylation is 1. The summed E-state index contributed by atoms with van der Waals surface area (Å²) < 4.78 is 60.2. The van der Waals surface area contributed by atoms with Crippen molar-refractivity contribution in [3.8, 4) is 0 Å². The van der Waals surface area contributed by atoms with E-state index < -0.39 is 33.6 Å². The largest absolute Gasteiger partial charge is 0.378 e. The van der Waals surface area contributed by atoms with Crippen molar-refractivity contribution in [2.45, 2.75) is 57.0 Å². The maximum atomic E-state index is 14.8. The van der Waals surface area contributed by atoms with Gasteiger partial charge < -0.3 is 5.32 Å². The Kier molecular flexibility index (Phi) is 6.57. The van der Waals surface area contributed by atoms with E-state index in [4.69, 9.17) is 0 Å². The molecule has 0 amide bonds. The molecular formula is C26H29F3N4O2S. The number of aromatic nitrogens is 2. The first-order valence-corrected chi connectivity index (χ1v) is 14.1. The predicted molar refractivity (Wildman–Crippen MR) is 136 cm³/mol. The molecule has 2 aliphatic rings. The van der Waals surface area contributed by atoms with Gasteiger partial charge in [-0.25, -0.2) is 26.7 Å². The lowest BCUT2D eigenvalue weighted by Gasteiger charge is -2.25. The first kappa shape index (κ1) is 24.8. The van der Waals surface area contributed by atoms with Crippen LogP contribution in [0.4, 0.5) is 18.9 Å². The molecule has 2 fully saturated rings. The number of hydrogen-bond acceptors (Lipinski definition) is 5. The number of halogens is 3. The fourth-order valence-corrected chi connectivity index (χ4v) is 7.42. The van der Waals surface area contributed by atoms with Gasteiger partial charge in [-0.3, -0.25) is 9.36 Å². The number of anilines is 1. The molecule has 6 nitrogen and oxygen atoms in total. The molecule has 10 heteroatoms. The first-order chi connectivity index (χ1) is 17.2. The van der Waals surface area contributed by atoms with Crippen molar-refractivity contribution in [1.29, 1.82) is 0 Å². The van der Waals surface area contributed by atoms with E-state index in [0.717, 1.165) is 18.9 Å². The lowest BCUT2D eigenvalue weighted by molar-refractivity contribution is 0.146. The number of alkyl halides is 2. The van der Waals surface area contributed by atoms with Crippen molar-refractivity contribution in [3.63, 3.8) is 0 Å². The zero-order valence-electron chi connectivity index (χ0n) is 20.2. The Morgan fingerprint density at radius 1 is 1.14 bits per heavy atom. The summed E-state index contributed by atoms with van der Waals surface area (Å²) in [6.07, 6.45) is 1.93. The molecule has 1 saturated heterocycles. The van der Waals surface area contributed by atoms with Gasteiger partial charge >= 0.3 is 0 Å². The molecular weight excluding hydrogens is 489 g/mol. The van der Waals surface area contributed by atoms with Crippen LogP contribution in [0, 0.1) is 5.82 Å². The fraction of sp³-hybridized carbons (Fsp3) is 0.462. The quantitative estimate of drug-likeness (QED) is 0.455. The van der Waals surface area contributed by atoms with Crippen LogP contribution in [0.3, 0.4) is 0 Å². The highest BCUT2D eigenvalue weighted by Gasteiger charge is 2.30. The third kappa shape index (κ3) is 4.75. The van der Waals surface area contributed by atoms with Crippen LogP contribution in [-0.2, 0) is 16.8 Å². The molecule has 1 N–H and O–H groups in total. The molecule has 3 aromatic rings. The molecule has 1 saturated carbocycles. The van der Waals surface area contributed by atoms with Gasteiger partial charge in [0.25, 0.3) is 12.0 Å². The van der Waals surface area contributed by atoms with Crippen molar-refractivity contribution in [3.05, 3.63) is 69.4 Å². The molecule has 1 atom stereocenters. The molecule has 0 bridgehead atoms. The van der Waals surface area contributed by atoms with Gasteiger partial charge in [0.1, 0.15) is 11.5 Å². The zero-order chi connectivity index (χ0) is 25.6. The second kappa shape index (κ2) is 9.53. The summed E-state index contributed by atoms with van der Waals surface area (Å²) in [5.74, 6) is 0.0123. The highest BCUT2D eigenvalue weighted by Crippen LogP contribution is 2.35. The van der Waals surface area contributed by atoms with Gasteiger partial charge in [0.2, 0.25) is 0 Å². The van der Waals surface area contributed by atoms with E-state index in [9.17, 15) is 22.2 Å². The molecule has 1 aromatic carbocycles. The van der Waals surface area contributed by atoms with Crippen LogP contribution in [0.2, 0.25) is 0 Å². The fourth-order valence-electron chi connectivity index (χ4n) is 4.95. The van der Waals surface area contributed by atoms with Crippen LogP contribution >= 0.6 is 0 Å². The number of benzene rings is 1. The summed E-state index contributed by atoms with van der Waals surface area (Å²) in [4.78, 5) is 17.6. The van der Waals surface area contributed by atoms with E-state index >= 15 is 0 Å². The summed E-state index contributed by atoms with van der Waals surface area (Å²) in [6, 6.07) is 7.16. The van der Waals surface area contributed by atoms with Crippen molar-refractivity contribution in [2.24, 2.45) is 11.4 Å². The Bertz CT molecular complexity index is 1480. The predicted octanol–water partition coefficient (Wildman–Crippen LogP) is 5.69. The van der Waals surface area contributed by atoms with E-state index in [0.29, 0.717) is 46.6 Å². The van der Waals surface area contributed by atoms with E-state index in [1.54, 1.807) is 26.2 Å². The van der Waals surface area contributed by atoms with Crippen molar-refractivity contribution in [1.82, 2.24) is 9.55 Å². The van der Waals surface area contributed by atoms with Crippen LogP contribution in [0.5, 0.6) is 0 Å². The van der Waals surface area contributed by atoms with Gasteiger partial charge in [0.05, 0.1) is 17.6 Å². The maximum Gasteiger partial charge on any atom is 0.266 e. The Labute approximate surface area is 208 Å². The molecule has 36 heavy (non-hydrogen) atoms. The lowest BCUT2D eigenvalue weighted by Crippen LogP contribution is -2.29. The van der Waals surface area contributed by atoms with Gasteiger partial charge in [-0.1, -0.05) is 18.2 Å². The summed E-state index contributed by atoms with van der Waals surface area (Å²) in [5.41, 5.74) is 1.07. The van der Waals surface area contributed by atoms with Gasteiger partial charge in [-0.05, 0) is 50.7 Å². The van der Waals surface area contributed by atoms with Crippen molar-refractivity contribution < 1.29 is 17.4 Å². The lowest BCUT2D eigenvalue weighted by atomic mass is 9.93. The third-order valence-electron chi connectivity index (χ3n) is 7.17. The number of nitrogens with zero attached hydrogens (tertiary/aromatic N) is 3. The van der Waals surface area contributed by atoms with Crippen LogP contribution in [0.25, 0.3) is 11.0 Å². The van der Waals surface area contributed by atoms with Crippen molar-refractivity contribution >= 4 is 26.4 Å². The highest BCUT2D eigenvalue weighted by atomic mass is 32.2. The van der Waals surface area contributed by atoms with Crippen LogP contribution in [0.15, 0.2) is 45.7 Å². The van der Waals surface area contributed by atoms with Gasteiger partial charge in [-0.2, -0.15) is 0 Å². The average Bonchev–Trinajstić information content (AvgIpc) is 3.65. The van der Waals surface area contributed by atoms with E-state index in [1.807, 2.05) is 6.07 Å². The SMILES string of the molecule is C[C@@H](Nc1ccnc2c1cc(C1CCS(=O)(=NC3CC3)CC1)c(=O)n2C)c1cccc(C(F)F)c1F. The van der Waals surface area contributed by atoms with Gasteiger partial charge in [0.15, 0.2) is 0 Å². The molecule has 1 aliphatic carbocycles. The minimum Gasteiger partial charge on any atom is -0.378 e. The van der Waals surface area contributed by atoms with Crippen molar-refractivity contribution in [2.75, 3.05) is 16.8 Å². The standard InChI is InChI=1S/C26H29F3N4O2S/c1-15(18-4-3-5-19(23(18)27)24(28)29)31-22-8-11-30-25-21(22)14-20(26(34)33(25)2)16-9-12-36(35,13-10-16)32-17-6-7-17/h3-5,8,11,14-17,24H,6-7,9-10,12-13H2,1-2H3,(H,30,31)/t15-,16?,36?/m1/s1. The molecule has 0 unspecified atom stereocenters. The molecule has 192 valence electrons. The minimum absolute atomic E-state index is 0.0391.